The topological polar surface area (TPSA) is 66.8 Å². The van der Waals surface area contributed by atoms with Crippen molar-refractivity contribution in [3.8, 4) is 0 Å². The minimum atomic E-state index is -0.874. The number of carbonyl (C=O) groups is 1. The number of aliphatic hydroxyl groups is 2. The monoisotopic (exact) mass is 667 g/mol. The number of ketones is 1. The Balaban J connectivity index is 4.54. The normalized spacial score (nSPS) is 14.2. The summed E-state index contributed by atoms with van der Waals surface area (Å²) >= 11 is 0. The first-order chi connectivity index (χ1) is 22.7. The van der Waals surface area contributed by atoms with E-state index in [0.29, 0.717) is 18.6 Å². The molecule has 0 spiro atoms. The number of carbonyl (C=O) groups excluding carboxylic acids is 1. The summed E-state index contributed by atoms with van der Waals surface area (Å²) in [6.45, 7) is 5.16. The zero-order chi connectivity index (χ0) is 34.9. The molecular weight excluding hydrogens is 582 g/mol. The van der Waals surface area contributed by atoms with Gasteiger partial charge >= 0.3 is 0 Å². The molecule has 0 rings (SSSR count). The Labute approximate surface area is 294 Å². The van der Waals surface area contributed by atoms with Gasteiger partial charge in [-0.25, -0.2) is 0 Å². The molecule has 0 aliphatic heterocycles. The highest BCUT2D eigenvalue weighted by molar-refractivity contribution is 5.78. The molecule has 47 heavy (non-hydrogen) atoms. The van der Waals surface area contributed by atoms with Crippen molar-refractivity contribution in [3.05, 3.63) is 12.2 Å². The number of hydrogen-bond donors (Lipinski definition) is 2. The van der Waals surface area contributed by atoms with Gasteiger partial charge in [0, 0.05) is 12.8 Å². The number of ether oxygens (including phenoxy) is 1. The summed E-state index contributed by atoms with van der Waals surface area (Å²) in [5, 5.41) is 19.4. The fourth-order valence-corrected chi connectivity index (χ4v) is 6.62. The molecule has 3 atom stereocenters. The maximum absolute atomic E-state index is 13.2. The number of aliphatic hydroxyl groups excluding tert-OH is 2. The van der Waals surface area contributed by atoms with Gasteiger partial charge < -0.3 is 19.4 Å². The van der Waals surface area contributed by atoms with E-state index in [-0.39, 0.29) is 25.2 Å². The fraction of sp³-hybridized carbons (Fsp3) is 0.929. The molecule has 0 aromatic heterocycles. The highest BCUT2D eigenvalue weighted by atomic mass is 16.5. The van der Waals surface area contributed by atoms with Crippen molar-refractivity contribution in [2.75, 3.05) is 40.9 Å². The van der Waals surface area contributed by atoms with E-state index in [9.17, 15) is 15.0 Å². The van der Waals surface area contributed by atoms with Crippen LogP contribution in [0.5, 0.6) is 0 Å². The van der Waals surface area contributed by atoms with Gasteiger partial charge in [-0.2, -0.15) is 0 Å². The molecule has 5 nitrogen and oxygen atoms in total. The molecule has 0 bridgehead atoms. The predicted octanol–water partition coefficient (Wildman–Crippen LogP) is 11.1. The molecule has 0 heterocycles. The van der Waals surface area contributed by atoms with Crippen LogP contribution in [-0.2, 0) is 9.53 Å². The Bertz CT molecular complexity index is 689. The van der Waals surface area contributed by atoms with Crippen LogP contribution in [0.15, 0.2) is 12.2 Å². The van der Waals surface area contributed by atoms with Crippen LogP contribution in [0.25, 0.3) is 0 Å². The summed E-state index contributed by atoms with van der Waals surface area (Å²) < 4.78 is 6.98. The second-order valence-corrected chi connectivity index (χ2v) is 15.7. The first kappa shape index (κ1) is 46.2. The number of rotatable bonds is 37. The molecule has 3 unspecified atom stereocenters. The number of likely N-dealkylation sites (N-methyl/N-ethyl adjacent to an activating group) is 1. The third kappa shape index (κ3) is 33.5. The lowest BCUT2D eigenvalue weighted by molar-refractivity contribution is -0.874. The van der Waals surface area contributed by atoms with Crippen LogP contribution in [0.4, 0.5) is 0 Å². The van der Waals surface area contributed by atoms with Crippen LogP contribution >= 0.6 is 0 Å². The molecule has 5 heteroatoms. The average Bonchev–Trinajstić information content (AvgIpc) is 3.04. The van der Waals surface area contributed by atoms with E-state index in [1.54, 1.807) is 0 Å². The molecule has 0 aliphatic carbocycles. The highest BCUT2D eigenvalue weighted by Crippen LogP contribution is 2.25. The van der Waals surface area contributed by atoms with E-state index in [1.165, 1.54) is 141 Å². The molecule has 0 aromatic carbocycles. The minimum absolute atomic E-state index is 0.100. The third-order valence-electron chi connectivity index (χ3n) is 9.60. The summed E-state index contributed by atoms with van der Waals surface area (Å²) in [6, 6.07) is 0. The molecule has 0 amide bonds. The molecule has 0 fully saturated rings. The van der Waals surface area contributed by atoms with Crippen molar-refractivity contribution >= 4 is 5.78 Å². The van der Waals surface area contributed by atoms with Crippen LogP contribution in [0, 0.1) is 5.92 Å². The molecule has 0 saturated heterocycles. The number of allylic oxidation sites excluding steroid dienone is 2. The standard InChI is InChI=1S/C42H84NO4/c1-6-8-10-12-14-16-18-20-22-23-25-27-29-31-33-39(42(36-43(3,4)5)47-38-41(46)37-44)35-40(45)34-32-30-28-26-24-21-19-17-15-13-11-9-7-2/h20,22,39,41-42,44,46H,6-19,21,23-38H2,1-5H3/q+1. The number of quaternary nitrogens is 1. The molecule has 2 N–H and O–H groups in total. The Morgan fingerprint density at radius 2 is 1.06 bits per heavy atom. The van der Waals surface area contributed by atoms with Crippen LogP contribution in [0.1, 0.15) is 194 Å². The Morgan fingerprint density at radius 1 is 0.638 bits per heavy atom. The quantitative estimate of drug-likeness (QED) is 0.0393. The summed E-state index contributed by atoms with van der Waals surface area (Å²) in [4.78, 5) is 13.2. The molecule has 0 saturated carbocycles. The van der Waals surface area contributed by atoms with Crippen LogP contribution in [0.3, 0.4) is 0 Å². The molecule has 0 aromatic rings. The van der Waals surface area contributed by atoms with Gasteiger partial charge in [0.2, 0.25) is 0 Å². The highest BCUT2D eigenvalue weighted by Gasteiger charge is 2.30. The van der Waals surface area contributed by atoms with E-state index in [4.69, 9.17) is 4.74 Å². The summed E-state index contributed by atoms with van der Waals surface area (Å²) in [7, 11) is 6.47. The first-order valence-electron chi connectivity index (χ1n) is 20.6. The smallest absolute Gasteiger partial charge is 0.133 e. The zero-order valence-corrected chi connectivity index (χ0v) is 32.5. The van der Waals surface area contributed by atoms with Crippen molar-refractivity contribution in [1.82, 2.24) is 0 Å². The number of nitrogens with zero attached hydrogens (tertiary/aromatic N) is 1. The number of unbranched alkanes of at least 4 members (excludes halogenated alkanes) is 22. The summed E-state index contributed by atoms with van der Waals surface area (Å²) in [5.41, 5.74) is 0. The van der Waals surface area contributed by atoms with Crippen molar-refractivity contribution in [2.24, 2.45) is 5.92 Å². The van der Waals surface area contributed by atoms with Gasteiger partial charge in [0.1, 0.15) is 24.5 Å². The zero-order valence-electron chi connectivity index (χ0n) is 32.5. The van der Waals surface area contributed by atoms with Gasteiger partial charge in [0.15, 0.2) is 0 Å². The van der Waals surface area contributed by atoms with Crippen molar-refractivity contribution in [1.29, 1.82) is 0 Å². The SMILES string of the molecule is CCCCCCCCC=CCCCCCCC(CC(=O)CCCCCCCCCCCCCCC)C(C[N+](C)(C)C)OCC(O)CO. The molecule has 0 radical (unpaired) electrons. The second kappa shape index (κ2) is 33.7. The fourth-order valence-electron chi connectivity index (χ4n) is 6.62. The maximum atomic E-state index is 13.2. The lowest BCUT2D eigenvalue weighted by Crippen LogP contribution is -2.46. The largest absolute Gasteiger partial charge is 0.394 e. The van der Waals surface area contributed by atoms with Gasteiger partial charge in [-0.1, -0.05) is 154 Å². The molecule has 0 aliphatic rings. The summed E-state index contributed by atoms with van der Waals surface area (Å²) in [5.74, 6) is 0.524. The van der Waals surface area contributed by atoms with Crippen LogP contribution in [-0.4, -0.2) is 73.6 Å². The molecular formula is C42H84NO4+. The van der Waals surface area contributed by atoms with Gasteiger partial charge in [-0.15, -0.1) is 0 Å². The van der Waals surface area contributed by atoms with Crippen molar-refractivity contribution in [2.45, 2.75) is 206 Å². The van der Waals surface area contributed by atoms with Gasteiger partial charge in [-0.05, 0) is 44.4 Å². The average molecular weight is 667 g/mol. The predicted molar refractivity (Wildman–Crippen MR) is 204 cm³/mol. The number of hydrogen-bond acceptors (Lipinski definition) is 4. The van der Waals surface area contributed by atoms with Gasteiger partial charge in [0.25, 0.3) is 0 Å². The van der Waals surface area contributed by atoms with Crippen molar-refractivity contribution in [3.63, 3.8) is 0 Å². The van der Waals surface area contributed by atoms with E-state index >= 15 is 0 Å². The van der Waals surface area contributed by atoms with E-state index < -0.39 is 6.10 Å². The van der Waals surface area contributed by atoms with Gasteiger partial charge in [0.05, 0.1) is 34.4 Å². The van der Waals surface area contributed by atoms with Crippen LogP contribution in [0.2, 0.25) is 0 Å². The van der Waals surface area contributed by atoms with E-state index in [1.807, 2.05) is 0 Å². The second-order valence-electron chi connectivity index (χ2n) is 15.7. The Morgan fingerprint density at radius 3 is 1.51 bits per heavy atom. The van der Waals surface area contributed by atoms with E-state index in [2.05, 4.69) is 47.1 Å². The molecule has 280 valence electrons. The lowest BCUT2D eigenvalue weighted by Gasteiger charge is -2.34. The van der Waals surface area contributed by atoms with Crippen LogP contribution < -0.4 is 0 Å². The first-order valence-corrected chi connectivity index (χ1v) is 20.6. The van der Waals surface area contributed by atoms with Gasteiger partial charge in [-0.3, -0.25) is 4.79 Å². The lowest BCUT2D eigenvalue weighted by atomic mass is 9.88. The Hall–Kier alpha value is -0.750. The van der Waals surface area contributed by atoms with E-state index in [0.717, 1.165) is 36.7 Å². The minimum Gasteiger partial charge on any atom is -0.394 e. The summed E-state index contributed by atoms with van der Waals surface area (Å²) in [6.07, 6.45) is 38.4. The Kier molecular flexibility index (Phi) is 33.2. The number of Topliss-reactive ketones (excluding diaryl/α,β-unsaturated/α-hetero) is 1. The maximum Gasteiger partial charge on any atom is 0.133 e. The third-order valence-corrected chi connectivity index (χ3v) is 9.60. The van der Waals surface area contributed by atoms with Crippen molar-refractivity contribution < 1.29 is 24.2 Å².